The Morgan fingerprint density at radius 2 is 2.15 bits per heavy atom. The zero-order chi connectivity index (χ0) is 15.0. The van der Waals surface area contributed by atoms with E-state index in [9.17, 15) is 4.79 Å². The highest BCUT2D eigenvalue weighted by Crippen LogP contribution is 2.57. The fourth-order valence-corrected chi connectivity index (χ4v) is 4.07. The van der Waals surface area contributed by atoms with Crippen LogP contribution in [0.15, 0.2) is 0 Å². The Hall–Kier alpha value is -0.610. The highest BCUT2D eigenvalue weighted by molar-refractivity contribution is 5.89. The number of hydrogen-bond acceptors (Lipinski definition) is 3. The van der Waals surface area contributed by atoms with Gasteiger partial charge in [-0.2, -0.15) is 0 Å². The predicted molar refractivity (Wildman–Crippen MR) is 80.3 cm³/mol. The smallest absolute Gasteiger partial charge is 0.241 e. The predicted octanol–water partition coefficient (Wildman–Crippen LogP) is 2.21. The van der Waals surface area contributed by atoms with Gasteiger partial charge in [-0.25, -0.2) is 0 Å². The summed E-state index contributed by atoms with van der Waals surface area (Å²) < 4.78 is 5.86. The lowest BCUT2D eigenvalue weighted by Crippen LogP contribution is -2.82. The standard InChI is InChI=1S/C16H30N2O2/c1-5-8-11(6-2)18-14(19)16(17)12-9-7-10-20-13(12)15(16,3)4/h11-13H,5-10,17H2,1-4H3,(H,18,19). The van der Waals surface area contributed by atoms with Gasteiger partial charge in [-0.3, -0.25) is 4.79 Å². The third kappa shape index (κ3) is 2.17. The molecule has 4 nitrogen and oxygen atoms in total. The fourth-order valence-electron chi connectivity index (χ4n) is 4.07. The van der Waals surface area contributed by atoms with Crippen LogP contribution in [-0.4, -0.2) is 30.2 Å². The lowest BCUT2D eigenvalue weighted by Gasteiger charge is -2.65. The van der Waals surface area contributed by atoms with Crippen molar-refractivity contribution in [1.82, 2.24) is 5.32 Å². The molecule has 2 fully saturated rings. The van der Waals surface area contributed by atoms with Gasteiger partial charge in [-0.05, 0) is 25.7 Å². The molecule has 1 saturated heterocycles. The third-order valence-corrected chi connectivity index (χ3v) is 5.53. The van der Waals surface area contributed by atoms with Crippen LogP contribution in [0.2, 0.25) is 0 Å². The van der Waals surface area contributed by atoms with Gasteiger partial charge in [0.1, 0.15) is 5.54 Å². The zero-order valence-electron chi connectivity index (χ0n) is 13.4. The molecular formula is C16H30N2O2. The maximum atomic E-state index is 12.8. The Kier molecular flexibility index (Phi) is 4.45. The van der Waals surface area contributed by atoms with Crippen molar-refractivity contribution in [1.29, 1.82) is 0 Å². The Morgan fingerprint density at radius 1 is 1.45 bits per heavy atom. The van der Waals surface area contributed by atoms with Crippen molar-refractivity contribution in [2.24, 2.45) is 17.1 Å². The molecule has 0 aromatic carbocycles. The SMILES string of the molecule is CCCC(CC)NC(=O)C1(N)C2CCCOC2C1(C)C. The lowest BCUT2D eigenvalue weighted by atomic mass is 9.46. The number of fused-ring (bicyclic) bond motifs is 1. The van der Waals surface area contributed by atoms with E-state index in [4.69, 9.17) is 10.5 Å². The first-order valence-electron chi connectivity index (χ1n) is 8.11. The largest absolute Gasteiger partial charge is 0.377 e. The number of carbonyl (C=O) groups excluding carboxylic acids is 1. The maximum Gasteiger partial charge on any atom is 0.241 e. The summed E-state index contributed by atoms with van der Waals surface area (Å²) in [6.45, 7) is 9.20. The van der Waals surface area contributed by atoms with Crippen molar-refractivity contribution in [3.63, 3.8) is 0 Å². The summed E-state index contributed by atoms with van der Waals surface area (Å²) in [6.07, 6.45) is 5.20. The van der Waals surface area contributed by atoms with Gasteiger partial charge in [0.15, 0.2) is 0 Å². The van der Waals surface area contributed by atoms with E-state index in [-0.39, 0.29) is 29.4 Å². The number of rotatable bonds is 5. The molecule has 0 bridgehead atoms. The molecule has 0 aromatic rings. The van der Waals surface area contributed by atoms with Gasteiger partial charge in [0.25, 0.3) is 0 Å². The minimum Gasteiger partial charge on any atom is -0.377 e. The lowest BCUT2D eigenvalue weighted by molar-refractivity contribution is -0.225. The number of nitrogens with one attached hydrogen (secondary N) is 1. The first kappa shape index (κ1) is 15.8. The first-order valence-corrected chi connectivity index (χ1v) is 8.11. The van der Waals surface area contributed by atoms with E-state index >= 15 is 0 Å². The minimum absolute atomic E-state index is 0.0227. The van der Waals surface area contributed by atoms with E-state index in [1.165, 1.54) is 0 Å². The molecule has 0 spiro atoms. The second-order valence-corrected chi connectivity index (χ2v) is 7.00. The van der Waals surface area contributed by atoms with E-state index < -0.39 is 5.54 Å². The van der Waals surface area contributed by atoms with Crippen LogP contribution in [0.3, 0.4) is 0 Å². The molecule has 4 atom stereocenters. The highest BCUT2D eigenvalue weighted by Gasteiger charge is 2.70. The van der Waals surface area contributed by atoms with Crippen LogP contribution in [0.5, 0.6) is 0 Å². The number of carbonyl (C=O) groups is 1. The number of hydrogen-bond donors (Lipinski definition) is 2. The van der Waals surface area contributed by atoms with Crippen molar-refractivity contribution < 1.29 is 9.53 Å². The molecule has 4 heteroatoms. The summed E-state index contributed by atoms with van der Waals surface area (Å²) in [5.74, 6) is 0.194. The molecule has 2 rings (SSSR count). The average Bonchev–Trinajstić information content (AvgIpc) is 2.45. The molecule has 1 aliphatic carbocycles. The summed E-state index contributed by atoms with van der Waals surface area (Å²) in [7, 11) is 0. The van der Waals surface area contributed by atoms with Crippen LogP contribution in [0.1, 0.15) is 59.8 Å². The molecule has 1 saturated carbocycles. The summed E-state index contributed by atoms with van der Waals surface area (Å²) in [5, 5.41) is 3.18. The fraction of sp³-hybridized carbons (Fsp3) is 0.938. The van der Waals surface area contributed by atoms with Crippen LogP contribution in [0.4, 0.5) is 0 Å². The third-order valence-electron chi connectivity index (χ3n) is 5.53. The maximum absolute atomic E-state index is 12.8. The summed E-state index contributed by atoms with van der Waals surface area (Å²) >= 11 is 0. The quantitative estimate of drug-likeness (QED) is 0.812. The molecular weight excluding hydrogens is 252 g/mol. The van der Waals surface area contributed by atoms with E-state index in [0.717, 1.165) is 38.7 Å². The molecule has 4 unspecified atom stereocenters. The van der Waals surface area contributed by atoms with Crippen molar-refractivity contribution >= 4 is 5.91 Å². The molecule has 0 aromatic heterocycles. The van der Waals surface area contributed by atoms with Crippen molar-refractivity contribution in [3.8, 4) is 0 Å². The van der Waals surface area contributed by atoms with Gasteiger partial charge in [-0.15, -0.1) is 0 Å². The molecule has 3 N–H and O–H groups in total. The van der Waals surface area contributed by atoms with Gasteiger partial charge in [-0.1, -0.05) is 34.1 Å². The average molecular weight is 282 g/mol. The number of amides is 1. The minimum atomic E-state index is -0.779. The van der Waals surface area contributed by atoms with Gasteiger partial charge in [0.2, 0.25) is 5.91 Å². The van der Waals surface area contributed by atoms with Gasteiger partial charge in [0.05, 0.1) is 6.10 Å². The van der Waals surface area contributed by atoms with Gasteiger partial charge >= 0.3 is 0 Å². The van der Waals surface area contributed by atoms with Crippen LogP contribution in [0, 0.1) is 11.3 Å². The van der Waals surface area contributed by atoms with Crippen LogP contribution in [-0.2, 0) is 9.53 Å². The zero-order valence-corrected chi connectivity index (χ0v) is 13.4. The Bertz CT molecular complexity index is 369. The second-order valence-electron chi connectivity index (χ2n) is 7.00. The normalized spacial score (nSPS) is 36.6. The molecule has 1 aliphatic heterocycles. The van der Waals surface area contributed by atoms with Crippen LogP contribution in [0.25, 0.3) is 0 Å². The van der Waals surface area contributed by atoms with Crippen LogP contribution >= 0.6 is 0 Å². The van der Waals surface area contributed by atoms with Crippen molar-refractivity contribution in [2.45, 2.75) is 77.5 Å². The molecule has 20 heavy (non-hydrogen) atoms. The first-order chi connectivity index (χ1) is 9.39. The summed E-state index contributed by atoms with van der Waals surface area (Å²) in [6, 6.07) is 0.243. The van der Waals surface area contributed by atoms with Gasteiger partial charge < -0.3 is 15.8 Å². The summed E-state index contributed by atoms with van der Waals surface area (Å²) in [4.78, 5) is 12.8. The Labute approximate surface area is 122 Å². The van der Waals surface area contributed by atoms with Crippen molar-refractivity contribution in [3.05, 3.63) is 0 Å². The molecule has 0 radical (unpaired) electrons. The molecule has 1 amide bonds. The summed E-state index contributed by atoms with van der Waals surface area (Å²) in [5.41, 5.74) is 5.52. The number of nitrogens with two attached hydrogens (primary N) is 1. The van der Waals surface area contributed by atoms with E-state index in [1.807, 2.05) is 0 Å². The van der Waals surface area contributed by atoms with E-state index in [2.05, 4.69) is 33.0 Å². The van der Waals surface area contributed by atoms with Gasteiger partial charge in [0, 0.05) is 24.0 Å². The topological polar surface area (TPSA) is 64.4 Å². The Morgan fingerprint density at radius 3 is 2.75 bits per heavy atom. The van der Waals surface area contributed by atoms with E-state index in [1.54, 1.807) is 0 Å². The molecule has 2 aliphatic rings. The highest BCUT2D eigenvalue weighted by atomic mass is 16.5. The monoisotopic (exact) mass is 282 g/mol. The second kappa shape index (κ2) is 5.64. The molecule has 1 heterocycles. The molecule has 116 valence electrons. The Balaban J connectivity index is 2.11. The van der Waals surface area contributed by atoms with Crippen LogP contribution < -0.4 is 11.1 Å². The van der Waals surface area contributed by atoms with Crippen molar-refractivity contribution in [2.75, 3.05) is 6.61 Å². The van der Waals surface area contributed by atoms with E-state index in [0.29, 0.717) is 0 Å². The number of ether oxygens (including phenoxy) is 1.